The lowest BCUT2D eigenvalue weighted by molar-refractivity contribution is -0.142. The number of carbonyl (C=O) groups excluding carboxylic acids is 2. The average molecular weight is 351 g/mol. The molecule has 0 saturated carbocycles. The topological polar surface area (TPSA) is 53.1 Å². The van der Waals surface area contributed by atoms with Gasteiger partial charge in [-0.2, -0.15) is 0 Å². The fourth-order valence-corrected chi connectivity index (χ4v) is 4.22. The first-order chi connectivity index (χ1) is 12.2. The fourth-order valence-electron chi connectivity index (χ4n) is 4.22. The maximum atomic E-state index is 12.4. The van der Waals surface area contributed by atoms with Gasteiger partial charge in [-0.15, -0.1) is 0 Å². The van der Waals surface area contributed by atoms with E-state index in [1.807, 2.05) is 9.80 Å². The maximum Gasteiger partial charge on any atom is 0.251 e. The molecule has 0 aliphatic carbocycles. The van der Waals surface area contributed by atoms with Gasteiger partial charge in [0, 0.05) is 52.3 Å². The molecule has 0 aromatic heterocycles. The van der Waals surface area contributed by atoms with Crippen LogP contribution in [0.2, 0.25) is 0 Å². The van der Waals surface area contributed by atoms with E-state index in [2.05, 4.69) is 11.8 Å². The van der Waals surface area contributed by atoms with E-state index in [0.717, 1.165) is 84.5 Å². The van der Waals surface area contributed by atoms with Crippen LogP contribution in [0.1, 0.15) is 45.4 Å². The van der Waals surface area contributed by atoms with E-state index in [1.54, 1.807) is 0 Å². The lowest BCUT2D eigenvalue weighted by Gasteiger charge is -2.35. The smallest absolute Gasteiger partial charge is 0.251 e. The summed E-state index contributed by atoms with van der Waals surface area (Å²) in [7, 11) is 0. The minimum Gasteiger partial charge on any atom is -0.368 e. The Kier molecular flexibility index (Phi) is 6.70. The number of piperazine rings is 1. The summed E-state index contributed by atoms with van der Waals surface area (Å²) in [6.45, 7) is 9.39. The summed E-state index contributed by atoms with van der Waals surface area (Å²) in [5.74, 6) is 1.07. The zero-order valence-corrected chi connectivity index (χ0v) is 15.6. The van der Waals surface area contributed by atoms with E-state index in [1.165, 1.54) is 0 Å². The molecular formula is C19H33N3O3. The molecule has 6 nitrogen and oxygen atoms in total. The second-order valence-corrected chi connectivity index (χ2v) is 7.62. The first-order valence-corrected chi connectivity index (χ1v) is 10.1. The van der Waals surface area contributed by atoms with E-state index in [-0.39, 0.29) is 12.0 Å². The molecule has 0 aromatic carbocycles. The molecule has 0 spiro atoms. The molecule has 1 atom stereocenters. The van der Waals surface area contributed by atoms with E-state index in [4.69, 9.17) is 4.74 Å². The van der Waals surface area contributed by atoms with E-state index in [0.29, 0.717) is 18.2 Å². The van der Waals surface area contributed by atoms with Crippen LogP contribution < -0.4 is 0 Å². The zero-order valence-electron chi connectivity index (χ0n) is 15.6. The zero-order chi connectivity index (χ0) is 17.6. The standard InChI is InChI=1S/C19H33N3O3/c1-2-20-11-13-21(14-12-20)18(23)6-5-16-7-9-22(10-8-16)19(24)17-4-3-15-25-17/h16-17H,2-15H2,1H3/t17-/m0/s1. The van der Waals surface area contributed by atoms with Crippen molar-refractivity contribution in [2.75, 3.05) is 52.4 Å². The molecule has 3 heterocycles. The summed E-state index contributed by atoms with van der Waals surface area (Å²) < 4.78 is 5.51. The van der Waals surface area contributed by atoms with Crippen molar-refractivity contribution in [2.24, 2.45) is 5.92 Å². The van der Waals surface area contributed by atoms with Crippen LogP contribution in [0.15, 0.2) is 0 Å². The predicted molar refractivity (Wildman–Crippen MR) is 96.2 cm³/mol. The second-order valence-electron chi connectivity index (χ2n) is 7.62. The molecule has 0 radical (unpaired) electrons. The average Bonchev–Trinajstić information content (AvgIpc) is 3.21. The summed E-state index contributed by atoms with van der Waals surface area (Å²) in [6, 6.07) is 0. The summed E-state index contributed by atoms with van der Waals surface area (Å²) >= 11 is 0. The van der Waals surface area contributed by atoms with Gasteiger partial charge < -0.3 is 19.4 Å². The van der Waals surface area contributed by atoms with Crippen molar-refractivity contribution in [1.29, 1.82) is 0 Å². The number of amides is 2. The Morgan fingerprint density at radius 3 is 2.28 bits per heavy atom. The lowest BCUT2D eigenvalue weighted by atomic mass is 9.91. The lowest BCUT2D eigenvalue weighted by Crippen LogP contribution is -2.48. The van der Waals surface area contributed by atoms with Crippen LogP contribution in [0.25, 0.3) is 0 Å². The number of piperidine rings is 1. The minimum absolute atomic E-state index is 0.181. The number of likely N-dealkylation sites (tertiary alicyclic amines) is 1. The molecule has 0 bridgehead atoms. The number of nitrogens with zero attached hydrogens (tertiary/aromatic N) is 3. The molecule has 3 aliphatic rings. The van der Waals surface area contributed by atoms with Crippen molar-refractivity contribution in [3.8, 4) is 0 Å². The molecule has 142 valence electrons. The molecule has 25 heavy (non-hydrogen) atoms. The van der Waals surface area contributed by atoms with Gasteiger partial charge in [-0.3, -0.25) is 9.59 Å². The van der Waals surface area contributed by atoms with Gasteiger partial charge in [-0.1, -0.05) is 6.92 Å². The minimum atomic E-state index is -0.195. The third-order valence-corrected chi connectivity index (χ3v) is 6.07. The van der Waals surface area contributed by atoms with Gasteiger partial charge in [0.1, 0.15) is 6.10 Å². The van der Waals surface area contributed by atoms with Crippen molar-refractivity contribution >= 4 is 11.8 Å². The van der Waals surface area contributed by atoms with Crippen LogP contribution in [0, 0.1) is 5.92 Å². The molecule has 6 heteroatoms. The molecule has 0 aromatic rings. The third kappa shape index (κ3) is 4.94. The van der Waals surface area contributed by atoms with Gasteiger partial charge in [0.15, 0.2) is 0 Å². The second kappa shape index (κ2) is 8.99. The van der Waals surface area contributed by atoms with Crippen LogP contribution >= 0.6 is 0 Å². The van der Waals surface area contributed by atoms with Gasteiger partial charge in [-0.25, -0.2) is 0 Å². The van der Waals surface area contributed by atoms with Gasteiger partial charge in [-0.05, 0) is 44.6 Å². The highest BCUT2D eigenvalue weighted by Gasteiger charge is 2.31. The normalized spacial score (nSPS) is 26.2. The van der Waals surface area contributed by atoms with Crippen molar-refractivity contribution in [3.63, 3.8) is 0 Å². The summed E-state index contributed by atoms with van der Waals surface area (Å²) in [5, 5.41) is 0. The Balaban J connectivity index is 1.33. The van der Waals surface area contributed by atoms with Crippen LogP contribution in [0.3, 0.4) is 0 Å². The molecule has 3 rings (SSSR count). The summed E-state index contributed by atoms with van der Waals surface area (Å²) in [4.78, 5) is 31.2. The first kappa shape index (κ1) is 18.6. The van der Waals surface area contributed by atoms with Gasteiger partial charge in [0.25, 0.3) is 5.91 Å². The number of hydrogen-bond acceptors (Lipinski definition) is 4. The van der Waals surface area contributed by atoms with Crippen molar-refractivity contribution < 1.29 is 14.3 Å². The number of hydrogen-bond donors (Lipinski definition) is 0. The molecule has 3 aliphatic heterocycles. The summed E-state index contributed by atoms with van der Waals surface area (Å²) in [6.07, 6.45) is 5.36. The third-order valence-electron chi connectivity index (χ3n) is 6.07. The number of rotatable bonds is 5. The van der Waals surface area contributed by atoms with Crippen LogP contribution in [0.5, 0.6) is 0 Å². The molecular weight excluding hydrogens is 318 g/mol. The summed E-state index contributed by atoms with van der Waals surface area (Å²) in [5.41, 5.74) is 0. The predicted octanol–water partition coefficient (Wildman–Crippen LogP) is 1.35. The van der Waals surface area contributed by atoms with E-state index >= 15 is 0 Å². The van der Waals surface area contributed by atoms with E-state index in [9.17, 15) is 9.59 Å². The quantitative estimate of drug-likeness (QED) is 0.750. The Labute approximate surface area is 151 Å². The number of ether oxygens (including phenoxy) is 1. The fraction of sp³-hybridized carbons (Fsp3) is 0.895. The van der Waals surface area contributed by atoms with Gasteiger partial charge in [0.2, 0.25) is 5.91 Å². The first-order valence-electron chi connectivity index (χ1n) is 10.1. The Morgan fingerprint density at radius 1 is 0.960 bits per heavy atom. The Bertz CT molecular complexity index is 449. The van der Waals surface area contributed by atoms with Crippen LogP contribution in [0.4, 0.5) is 0 Å². The molecule has 3 fully saturated rings. The number of carbonyl (C=O) groups is 2. The molecule has 2 amide bonds. The Morgan fingerprint density at radius 2 is 1.68 bits per heavy atom. The Hall–Kier alpha value is -1.14. The monoisotopic (exact) mass is 351 g/mol. The molecule has 0 unspecified atom stereocenters. The molecule has 0 N–H and O–H groups in total. The van der Waals surface area contributed by atoms with Gasteiger partial charge >= 0.3 is 0 Å². The van der Waals surface area contributed by atoms with Crippen molar-refractivity contribution in [3.05, 3.63) is 0 Å². The number of likely N-dealkylation sites (N-methyl/N-ethyl adjacent to an activating group) is 1. The van der Waals surface area contributed by atoms with E-state index < -0.39 is 0 Å². The van der Waals surface area contributed by atoms with Crippen molar-refractivity contribution in [2.45, 2.75) is 51.6 Å². The van der Waals surface area contributed by atoms with Crippen LogP contribution in [-0.4, -0.2) is 85.0 Å². The van der Waals surface area contributed by atoms with Crippen LogP contribution in [-0.2, 0) is 14.3 Å². The van der Waals surface area contributed by atoms with Gasteiger partial charge in [0.05, 0.1) is 0 Å². The molecule has 3 saturated heterocycles. The largest absolute Gasteiger partial charge is 0.368 e. The maximum absolute atomic E-state index is 12.4. The SMILES string of the molecule is CCN1CCN(C(=O)CCC2CCN(C(=O)[C@@H]3CCCO3)CC2)CC1. The highest BCUT2D eigenvalue weighted by molar-refractivity contribution is 5.81. The highest BCUT2D eigenvalue weighted by atomic mass is 16.5. The van der Waals surface area contributed by atoms with Crippen molar-refractivity contribution in [1.82, 2.24) is 14.7 Å². The highest BCUT2D eigenvalue weighted by Crippen LogP contribution is 2.24.